The molecule has 2 bridgehead atoms. The van der Waals surface area contributed by atoms with Gasteiger partial charge in [0.2, 0.25) is 11.5 Å². The number of carbonyl (C=O) groups excluding carboxylic acids is 2. The lowest BCUT2D eigenvalue weighted by Crippen LogP contribution is -2.42. The predicted molar refractivity (Wildman–Crippen MR) is 89.7 cm³/mol. The molecule has 6 nitrogen and oxygen atoms in total. The van der Waals surface area contributed by atoms with Crippen molar-refractivity contribution in [1.82, 2.24) is 15.2 Å². The summed E-state index contributed by atoms with van der Waals surface area (Å²) in [6.07, 6.45) is 2.70. The molecule has 2 aromatic rings. The van der Waals surface area contributed by atoms with Crippen molar-refractivity contribution in [2.75, 3.05) is 13.1 Å². The smallest absolute Gasteiger partial charge is 0.254 e. The van der Waals surface area contributed by atoms with Crippen molar-refractivity contribution in [3.8, 4) is 0 Å². The Labute approximate surface area is 138 Å². The summed E-state index contributed by atoms with van der Waals surface area (Å²) in [6, 6.07) is 8.66. The molecular weight excluding hydrogens is 306 g/mol. The van der Waals surface area contributed by atoms with Crippen molar-refractivity contribution in [1.29, 1.82) is 0 Å². The second-order valence-electron chi connectivity index (χ2n) is 6.64. The molecule has 6 heteroatoms. The van der Waals surface area contributed by atoms with E-state index in [9.17, 15) is 14.4 Å². The van der Waals surface area contributed by atoms with Crippen LogP contribution in [0.2, 0.25) is 0 Å². The Balaban J connectivity index is 1.74. The minimum absolute atomic E-state index is 0.00205. The molecule has 0 unspecified atom stereocenters. The zero-order valence-corrected chi connectivity index (χ0v) is 13.2. The third-order valence-electron chi connectivity index (χ3n) is 4.97. The van der Waals surface area contributed by atoms with Gasteiger partial charge in [-0.2, -0.15) is 0 Å². The number of aromatic amines is 1. The summed E-state index contributed by atoms with van der Waals surface area (Å²) in [5.41, 5.74) is 0.764. The number of carbonyl (C=O) groups is 2. The second kappa shape index (κ2) is 5.78. The number of amides is 2. The Hall–Kier alpha value is -2.63. The van der Waals surface area contributed by atoms with Gasteiger partial charge >= 0.3 is 0 Å². The first-order valence-electron chi connectivity index (χ1n) is 8.33. The number of para-hydroxylation sites is 1. The van der Waals surface area contributed by atoms with E-state index in [2.05, 4.69) is 10.3 Å². The molecule has 1 aromatic heterocycles. The van der Waals surface area contributed by atoms with Crippen molar-refractivity contribution in [3.05, 3.63) is 46.2 Å². The van der Waals surface area contributed by atoms with Gasteiger partial charge in [0.05, 0.1) is 11.5 Å². The molecule has 24 heavy (non-hydrogen) atoms. The van der Waals surface area contributed by atoms with Crippen LogP contribution in [0, 0.1) is 5.92 Å². The van der Waals surface area contributed by atoms with E-state index in [0.29, 0.717) is 24.2 Å². The van der Waals surface area contributed by atoms with Gasteiger partial charge in [-0.05, 0) is 18.9 Å². The van der Waals surface area contributed by atoms with E-state index < -0.39 is 0 Å². The minimum atomic E-state index is -0.290. The fourth-order valence-electron chi connectivity index (χ4n) is 3.77. The maximum absolute atomic E-state index is 13.1. The standard InChI is InChI=1S/C18H19N3O3/c22-16-8-14(13-6-1-2-7-15(13)20-16)18(24)21-9-11-4-3-5-12(10-21)19-17(11)23/h1-2,6-8,11-12H,3-5,9-10H2,(H,19,23)(H,20,22)/t11-,12-/m1/s1. The number of H-pyrrole nitrogens is 1. The summed E-state index contributed by atoms with van der Waals surface area (Å²) in [5, 5.41) is 3.76. The Kier molecular flexibility index (Phi) is 3.59. The number of nitrogens with zero attached hydrogens (tertiary/aromatic N) is 1. The SMILES string of the molecule is O=C1N[C@@H]2CCC[C@@H]1CN(C(=O)c1cc(=O)[nH]c3ccccc13)C2. The molecule has 2 saturated heterocycles. The lowest BCUT2D eigenvalue weighted by molar-refractivity contribution is -0.124. The summed E-state index contributed by atoms with van der Waals surface area (Å²) in [7, 11) is 0. The van der Waals surface area contributed by atoms with Crippen molar-refractivity contribution in [2.45, 2.75) is 25.3 Å². The molecule has 2 N–H and O–H groups in total. The van der Waals surface area contributed by atoms with Gasteiger partial charge in [-0.25, -0.2) is 0 Å². The third kappa shape index (κ3) is 2.58. The molecule has 0 radical (unpaired) electrons. The van der Waals surface area contributed by atoms with Crippen LogP contribution in [0.1, 0.15) is 29.6 Å². The number of aromatic nitrogens is 1. The van der Waals surface area contributed by atoms with E-state index in [-0.39, 0.29) is 29.3 Å². The van der Waals surface area contributed by atoms with E-state index in [1.807, 2.05) is 18.2 Å². The largest absolute Gasteiger partial charge is 0.351 e. The summed E-state index contributed by atoms with van der Waals surface area (Å²) >= 11 is 0. The zero-order valence-electron chi connectivity index (χ0n) is 13.2. The molecule has 124 valence electrons. The quantitative estimate of drug-likeness (QED) is 0.828. The van der Waals surface area contributed by atoms with Crippen LogP contribution < -0.4 is 10.9 Å². The van der Waals surface area contributed by atoms with Crippen LogP contribution >= 0.6 is 0 Å². The van der Waals surface area contributed by atoms with Crippen LogP contribution in [0.15, 0.2) is 35.1 Å². The average molecular weight is 325 g/mol. The number of benzene rings is 1. The number of hydrogen-bond donors (Lipinski definition) is 2. The average Bonchev–Trinajstić information content (AvgIpc) is 2.81. The molecule has 0 spiro atoms. The van der Waals surface area contributed by atoms with Crippen LogP contribution in [0.3, 0.4) is 0 Å². The van der Waals surface area contributed by atoms with Gasteiger partial charge in [0, 0.05) is 36.1 Å². The van der Waals surface area contributed by atoms with E-state index in [1.165, 1.54) is 6.07 Å². The van der Waals surface area contributed by atoms with Crippen molar-refractivity contribution in [2.24, 2.45) is 5.92 Å². The maximum atomic E-state index is 13.1. The fourth-order valence-corrected chi connectivity index (χ4v) is 3.77. The molecule has 1 aromatic carbocycles. The topological polar surface area (TPSA) is 82.3 Å². The van der Waals surface area contributed by atoms with Crippen LogP contribution in [0.4, 0.5) is 0 Å². The molecule has 0 saturated carbocycles. The highest BCUT2D eigenvalue weighted by Gasteiger charge is 2.35. The third-order valence-corrected chi connectivity index (χ3v) is 4.97. The molecule has 2 aliphatic heterocycles. The second-order valence-corrected chi connectivity index (χ2v) is 6.64. The first-order chi connectivity index (χ1) is 11.6. The number of fused-ring (bicyclic) bond motifs is 4. The number of rotatable bonds is 1. The summed E-state index contributed by atoms with van der Waals surface area (Å²) in [5.74, 6) is -0.288. The van der Waals surface area contributed by atoms with Gasteiger partial charge in [0.25, 0.3) is 5.91 Å². The molecule has 2 fully saturated rings. The lowest BCUT2D eigenvalue weighted by atomic mass is 9.98. The van der Waals surface area contributed by atoms with Gasteiger partial charge in [-0.1, -0.05) is 24.6 Å². The first kappa shape index (κ1) is 14.9. The van der Waals surface area contributed by atoms with Gasteiger partial charge in [-0.3, -0.25) is 14.4 Å². The minimum Gasteiger partial charge on any atom is -0.351 e. The van der Waals surface area contributed by atoms with E-state index >= 15 is 0 Å². The normalized spacial score (nSPS) is 23.7. The molecular formula is C18H19N3O3. The molecule has 2 amide bonds. The highest BCUT2D eigenvalue weighted by Crippen LogP contribution is 2.24. The van der Waals surface area contributed by atoms with Crippen molar-refractivity contribution in [3.63, 3.8) is 0 Å². The van der Waals surface area contributed by atoms with Crippen molar-refractivity contribution >= 4 is 22.7 Å². The Morgan fingerprint density at radius 2 is 1.96 bits per heavy atom. The monoisotopic (exact) mass is 325 g/mol. The summed E-state index contributed by atoms with van der Waals surface area (Å²) in [6.45, 7) is 0.921. The number of pyridine rings is 1. The summed E-state index contributed by atoms with van der Waals surface area (Å²) < 4.78 is 0. The summed E-state index contributed by atoms with van der Waals surface area (Å²) in [4.78, 5) is 41.7. The van der Waals surface area contributed by atoms with Gasteiger partial charge < -0.3 is 15.2 Å². The van der Waals surface area contributed by atoms with E-state index in [4.69, 9.17) is 0 Å². The van der Waals surface area contributed by atoms with Gasteiger partial charge in [0.1, 0.15) is 0 Å². The molecule has 0 aliphatic carbocycles. The molecule has 2 aliphatic rings. The first-order valence-corrected chi connectivity index (χ1v) is 8.33. The van der Waals surface area contributed by atoms with E-state index in [0.717, 1.165) is 24.6 Å². The van der Waals surface area contributed by atoms with Crippen LogP contribution in [-0.2, 0) is 4.79 Å². The predicted octanol–water partition coefficient (Wildman–Crippen LogP) is 1.27. The Morgan fingerprint density at radius 1 is 1.12 bits per heavy atom. The highest BCUT2D eigenvalue weighted by atomic mass is 16.2. The highest BCUT2D eigenvalue weighted by molar-refractivity contribution is 6.06. The molecule has 3 heterocycles. The van der Waals surface area contributed by atoms with Gasteiger partial charge in [0.15, 0.2) is 0 Å². The maximum Gasteiger partial charge on any atom is 0.254 e. The number of nitrogens with one attached hydrogen (secondary N) is 2. The van der Waals surface area contributed by atoms with Crippen LogP contribution in [0.25, 0.3) is 10.9 Å². The van der Waals surface area contributed by atoms with Crippen molar-refractivity contribution < 1.29 is 9.59 Å². The van der Waals surface area contributed by atoms with Crippen LogP contribution in [-0.4, -0.2) is 40.8 Å². The Bertz CT molecular complexity index is 873. The van der Waals surface area contributed by atoms with Crippen LogP contribution in [0.5, 0.6) is 0 Å². The fraction of sp³-hybridized carbons (Fsp3) is 0.389. The number of likely N-dealkylation sites (tertiary alicyclic amines) is 1. The molecule has 2 atom stereocenters. The molecule has 4 rings (SSSR count). The Morgan fingerprint density at radius 3 is 2.83 bits per heavy atom. The van der Waals surface area contributed by atoms with Gasteiger partial charge in [-0.15, -0.1) is 0 Å². The zero-order chi connectivity index (χ0) is 16.7. The van der Waals surface area contributed by atoms with E-state index in [1.54, 1.807) is 11.0 Å². The lowest BCUT2D eigenvalue weighted by Gasteiger charge is -2.28. The number of hydrogen-bond acceptors (Lipinski definition) is 3.